The smallest absolute Gasteiger partial charge is 0.121 e. The van der Waals surface area contributed by atoms with E-state index in [0.29, 0.717) is 5.69 Å². The van der Waals surface area contributed by atoms with Gasteiger partial charge in [0.05, 0.1) is 12.8 Å². The Bertz CT molecular complexity index is 243. The number of hydrogen-bond donors (Lipinski definition) is 1. The average Bonchev–Trinajstić information content (AvgIpc) is 2.05. The van der Waals surface area contributed by atoms with Crippen LogP contribution >= 0.6 is 24.2 Å². The summed E-state index contributed by atoms with van der Waals surface area (Å²) in [6.07, 6.45) is 0. The highest BCUT2D eigenvalue weighted by atomic mass is 35.5. The molecule has 1 rings (SSSR count). The van der Waals surface area contributed by atoms with Crippen molar-refractivity contribution in [1.29, 1.82) is 0 Å². The zero-order valence-electron chi connectivity index (χ0n) is 6.53. The molecule has 0 fully saturated rings. The molecule has 0 amide bonds. The summed E-state index contributed by atoms with van der Waals surface area (Å²) in [7, 11) is 1.59. The second-order valence-electron chi connectivity index (χ2n) is 2.01. The number of methoxy groups -OCH3 is 1. The van der Waals surface area contributed by atoms with Gasteiger partial charge in [0.1, 0.15) is 5.75 Å². The minimum Gasteiger partial charge on any atom is -0.497 e. The third-order valence-corrected chi connectivity index (χ3v) is 1.50. The fourth-order valence-electron chi connectivity index (χ4n) is 0.743. The predicted octanol–water partition coefficient (Wildman–Crippen LogP) is 1.95. The number of nitrogens with two attached hydrogens (primary N) is 1. The summed E-state index contributed by atoms with van der Waals surface area (Å²) in [5, 5.41) is 0. The summed E-state index contributed by atoms with van der Waals surface area (Å²) in [4.78, 5) is 0. The van der Waals surface area contributed by atoms with Crippen molar-refractivity contribution in [3.8, 4) is 5.75 Å². The fourth-order valence-corrected chi connectivity index (χ4v) is 0.848. The standard InChI is InChI=1S/C7H9ClN2O.ClH/c1-11-7-4-2-3-6(5-7)10(8)9;/h2-5H,9H2,1H3;1H. The SMILES string of the molecule is COc1cccc(N(N)Cl)c1.Cl. The topological polar surface area (TPSA) is 38.5 Å². The highest BCUT2D eigenvalue weighted by molar-refractivity contribution is 6.24. The van der Waals surface area contributed by atoms with Gasteiger partial charge in [-0.25, -0.2) is 10.4 Å². The number of hydrogen-bond acceptors (Lipinski definition) is 3. The third kappa shape index (κ3) is 2.77. The molecular weight excluding hydrogens is 199 g/mol. The maximum atomic E-state index is 5.49. The maximum Gasteiger partial charge on any atom is 0.121 e. The molecule has 0 heterocycles. The number of rotatable bonds is 2. The molecule has 0 aromatic heterocycles. The van der Waals surface area contributed by atoms with Crippen LogP contribution in [0.1, 0.15) is 0 Å². The summed E-state index contributed by atoms with van der Waals surface area (Å²) in [5.41, 5.74) is 0.700. The van der Waals surface area contributed by atoms with Crippen LogP contribution in [0.2, 0.25) is 0 Å². The van der Waals surface area contributed by atoms with Crippen LogP contribution in [0.25, 0.3) is 0 Å². The summed E-state index contributed by atoms with van der Waals surface area (Å²) < 4.78 is 5.98. The summed E-state index contributed by atoms with van der Waals surface area (Å²) in [5.74, 6) is 6.02. The van der Waals surface area contributed by atoms with Gasteiger partial charge in [0.15, 0.2) is 0 Å². The lowest BCUT2D eigenvalue weighted by Gasteiger charge is -2.08. The number of halogens is 2. The molecule has 12 heavy (non-hydrogen) atoms. The van der Waals surface area contributed by atoms with Gasteiger partial charge in [0.2, 0.25) is 0 Å². The first-order chi connectivity index (χ1) is 5.24. The van der Waals surface area contributed by atoms with Crippen LogP contribution in [0.3, 0.4) is 0 Å². The Labute approximate surface area is 82.5 Å². The molecule has 0 atom stereocenters. The zero-order valence-corrected chi connectivity index (χ0v) is 8.10. The molecule has 1 aromatic rings. The summed E-state index contributed by atoms with van der Waals surface area (Å²) in [6, 6.07) is 7.17. The van der Waals surface area contributed by atoms with E-state index < -0.39 is 0 Å². The first-order valence-electron chi connectivity index (χ1n) is 3.08. The molecule has 3 nitrogen and oxygen atoms in total. The Hall–Kier alpha value is -0.640. The van der Waals surface area contributed by atoms with E-state index in [0.717, 1.165) is 10.3 Å². The second-order valence-corrected chi connectivity index (χ2v) is 2.38. The van der Waals surface area contributed by atoms with Crippen LogP contribution in [0.5, 0.6) is 5.75 Å². The third-order valence-electron chi connectivity index (χ3n) is 1.30. The van der Waals surface area contributed by atoms with E-state index in [-0.39, 0.29) is 12.4 Å². The first kappa shape index (κ1) is 11.4. The number of benzene rings is 1. The number of anilines is 1. The Balaban J connectivity index is 0.00000121. The molecule has 0 aliphatic carbocycles. The van der Waals surface area contributed by atoms with Crippen LogP contribution in [0.4, 0.5) is 5.69 Å². The van der Waals surface area contributed by atoms with Crippen molar-refractivity contribution >= 4 is 29.9 Å². The Morgan fingerprint density at radius 1 is 1.50 bits per heavy atom. The van der Waals surface area contributed by atoms with Gasteiger partial charge in [0.25, 0.3) is 0 Å². The lowest BCUT2D eigenvalue weighted by Crippen LogP contribution is -2.17. The largest absolute Gasteiger partial charge is 0.497 e. The van der Waals surface area contributed by atoms with E-state index in [1.54, 1.807) is 19.2 Å². The fraction of sp³-hybridized carbons (Fsp3) is 0.143. The van der Waals surface area contributed by atoms with Crippen molar-refractivity contribution in [3.63, 3.8) is 0 Å². The van der Waals surface area contributed by atoms with Crippen LogP contribution in [0, 0.1) is 0 Å². The van der Waals surface area contributed by atoms with E-state index in [1.165, 1.54) is 0 Å². The molecule has 1 aromatic carbocycles. The van der Waals surface area contributed by atoms with E-state index in [2.05, 4.69) is 0 Å². The first-order valence-corrected chi connectivity index (χ1v) is 3.42. The van der Waals surface area contributed by atoms with Crippen molar-refractivity contribution in [2.75, 3.05) is 11.6 Å². The Morgan fingerprint density at radius 3 is 2.67 bits per heavy atom. The van der Waals surface area contributed by atoms with Gasteiger partial charge in [0, 0.05) is 17.8 Å². The molecule has 0 radical (unpaired) electrons. The number of nitrogens with zero attached hydrogens (tertiary/aromatic N) is 1. The molecule has 0 unspecified atom stereocenters. The Kier molecular flexibility index (Phi) is 4.81. The molecule has 0 spiro atoms. The lowest BCUT2D eigenvalue weighted by molar-refractivity contribution is 0.415. The van der Waals surface area contributed by atoms with Crippen molar-refractivity contribution in [2.24, 2.45) is 5.84 Å². The van der Waals surface area contributed by atoms with Gasteiger partial charge in [-0.1, -0.05) is 6.07 Å². The normalized spacial score (nSPS) is 8.58. The minimum atomic E-state index is 0. The van der Waals surface area contributed by atoms with Gasteiger partial charge >= 0.3 is 0 Å². The van der Waals surface area contributed by atoms with Crippen molar-refractivity contribution in [2.45, 2.75) is 0 Å². The summed E-state index contributed by atoms with van der Waals surface area (Å²) >= 11 is 5.49. The van der Waals surface area contributed by atoms with Crippen LogP contribution in [-0.2, 0) is 0 Å². The molecule has 0 aliphatic rings. The number of ether oxygens (including phenoxy) is 1. The average molecular weight is 209 g/mol. The Morgan fingerprint density at radius 2 is 2.17 bits per heavy atom. The van der Waals surface area contributed by atoms with Crippen molar-refractivity contribution in [1.82, 2.24) is 0 Å². The lowest BCUT2D eigenvalue weighted by atomic mass is 10.3. The second kappa shape index (κ2) is 5.09. The van der Waals surface area contributed by atoms with Gasteiger partial charge in [-0.3, -0.25) is 0 Å². The van der Waals surface area contributed by atoms with Crippen molar-refractivity contribution < 1.29 is 4.74 Å². The van der Waals surface area contributed by atoms with E-state index >= 15 is 0 Å². The van der Waals surface area contributed by atoms with Crippen LogP contribution < -0.4 is 15.1 Å². The maximum absolute atomic E-state index is 5.49. The minimum absolute atomic E-state index is 0. The molecular formula is C7H10Cl2N2O. The molecule has 2 N–H and O–H groups in total. The molecule has 5 heteroatoms. The zero-order chi connectivity index (χ0) is 8.27. The number of hydrazine groups is 1. The van der Waals surface area contributed by atoms with Gasteiger partial charge in [-0.15, -0.1) is 12.4 Å². The quantitative estimate of drug-likeness (QED) is 0.459. The highest BCUT2D eigenvalue weighted by Crippen LogP contribution is 2.19. The van der Waals surface area contributed by atoms with E-state index in [9.17, 15) is 0 Å². The van der Waals surface area contributed by atoms with Gasteiger partial charge < -0.3 is 4.74 Å². The molecule has 0 aliphatic heterocycles. The summed E-state index contributed by atoms with van der Waals surface area (Å²) in [6.45, 7) is 0. The predicted molar refractivity (Wildman–Crippen MR) is 52.8 cm³/mol. The molecule has 0 saturated carbocycles. The van der Waals surface area contributed by atoms with E-state index in [4.69, 9.17) is 22.4 Å². The van der Waals surface area contributed by atoms with Crippen molar-refractivity contribution in [3.05, 3.63) is 24.3 Å². The highest BCUT2D eigenvalue weighted by Gasteiger charge is 1.97. The van der Waals surface area contributed by atoms with Crippen LogP contribution in [-0.4, -0.2) is 7.11 Å². The van der Waals surface area contributed by atoms with Crippen LogP contribution in [0.15, 0.2) is 24.3 Å². The molecule has 68 valence electrons. The van der Waals surface area contributed by atoms with E-state index in [1.807, 2.05) is 12.1 Å². The molecule has 0 bridgehead atoms. The monoisotopic (exact) mass is 208 g/mol. The molecule has 0 saturated heterocycles. The van der Waals surface area contributed by atoms with Gasteiger partial charge in [-0.05, 0) is 12.1 Å². The van der Waals surface area contributed by atoms with Gasteiger partial charge in [-0.2, -0.15) is 0 Å².